The van der Waals surface area contributed by atoms with E-state index in [-0.39, 0.29) is 12.2 Å². The number of methoxy groups -OCH3 is 3. The number of primary amides is 1. The van der Waals surface area contributed by atoms with Gasteiger partial charge in [-0.25, -0.2) is 0 Å². The lowest BCUT2D eigenvalue weighted by Gasteiger charge is -2.14. The third-order valence-electron chi connectivity index (χ3n) is 4.63. The van der Waals surface area contributed by atoms with Crippen molar-refractivity contribution >= 4 is 29.4 Å². The number of allylic oxidation sites excluding steroid dienone is 1. The highest BCUT2D eigenvalue weighted by atomic mass is 16.5. The number of anilines is 1. The Labute approximate surface area is 186 Å². The van der Waals surface area contributed by atoms with Crippen molar-refractivity contribution in [2.45, 2.75) is 19.4 Å². The van der Waals surface area contributed by atoms with E-state index in [1.165, 1.54) is 21.3 Å². The van der Waals surface area contributed by atoms with Gasteiger partial charge in [-0.2, -0.15) is 0 Å². The second kappa shape index (κ2) is 11.0. The first-order valence-electron chi connectivity index (χ1n) is 9.68. The number of hydrogen-bond acceptors (Lipinski definition) is 7. The summed E-state index contributed by atoms with van der Waals surface area (Å²) in [6, 6.07) is 8.89. The molecular weight excluding hydrogens is 414 g/mol. The summed E-state index contributed by atoms with van der Waals surface area (Å²) < 4.78 is 15.8. The molecule has 2 amide bonds. The van der Waals surface area contributed by atoms with Gasteiger partial charge in [0.25, 0.3) is 0 Å². The normalized spacial score (nSPS) is 12.0. The van der Waals surface area contributed by atoms with Crippen molar-refractivity contribution < 1.29 is 28.6 Å². The van der Waals surface area contributed by atoms with Gasteiger partial charge in [-0.3, -0.25) is 14.4 Å². The Balaban J connectivity index is 2.34. The highest BCUT2D eigenvalue weighted by molar-refractivity contribution is 6.12. The molecule has 0 aliphatic carbocycles. The Morgan fingerprint density at radius 2 is 1.66 bits per heavy atom. The first-order chi connectivity index (χ1) is 15.2. The Morgan fingerprint density at radius 3 is 2.25 bits per heavy atom. The lowest BCUT2D eigenvalue weighted by molar-refractivity contribution is -0.123. The quantitative estimate of drug-likeness (QED) is 0.379. The molecule has 170 valence electrons. The van der Waals surface area contributed by atoms with Crippen LogP contribution in [0, 0.1) is 0 Å². The van der Waals surface area contributed by atoms with Gasteiger partial charge in [0.15, 0.2) is 5.78 Å². The van der Waals surface area contributed by atoms with Crippen LogP contribution in [0.25, 0.3) is 6.08 Å². The molecule has 9 heteroatoms. The Morgan fingerprint density at radius 1 is 1.00 bits per heavy atom. The van der Waals surface area contributed by atoms with Crippen LogP contribution in [0.4, 0.5) is 5.69 Å². The van der Waals surface area contributed by atoms with Crippen LogP contribution in [0.15, 0.2) is 42.0 Å². The summed E-state index contributed by atoms with van der Waals surface area (Å²) >= 11 is 0. The van der Waals surface area contributed by atoms with Gasteiger partial charge < -0.3 is 31.0 Å². The Hall–Kier alpha value is -3.85. The number of nitrogens with one attached hydrogen (secondary N) is 1. The van der Waals surface area contributed by atoms with Crippen LogP contribution in [0.5, 0.6) is 17.2 Å². The minimum absolute atomic E-state index is 0.245. The van der Waals surface area contributed by atoms with Crippen LogP contribution in [0.1, 0.15) is 29.3 Å². The molecule has 0 fully saturated rings. The summed E-state index contributed by atoms with van der Waals surface area (Å²) in [5.41, 5.74) is 12.6. The maximum atomic E-state index is 13.0. The third kappa shape index (κ3) is 6.08. The maximum absolute atomic E-state index is 13.0. The minimum Gasteiger partial charge on any atom is -0.497 e. The SMILES string of the molecule is COc1ccc(OC)c(C(=O)/C(C)=C/c2ccc(OC)c(NC(=O)C(N)CC(N)=O)c2)c1. The number of rotatable bonds is 10. The third-order valence-corrected chi connectivity index (χ3v) is 4.63. The Kier molecular flexibility index (Phi) is 8.37. The van der Waals surface area contributed by atoms with Crippen molar-refractivity contribution in [3.05, 3.63) is 53.1 Å². The second-order valence-corrected chi connectivity index (χ2v) is 6.95. The molecule has 0 bridgehead atoms. The average molecular weight is 441 g/mol. The lowest BCUT2D eigenvalue weighted by Crippen LogP contribution is -2.39. The summed E-state index contributed by atoms with van der Waals surface area (Å²) in [7, 11) is 4.45. The van der Waals surface area contributed by atoms with Gasteiger partial charge in [-0.1, -0.05) is 6.07 Å². The van der Waals surface area contributed by atoms with Crippen LogP contribution >= 0.6 is 0 Å². The first kappa shape index (κ1) is 24.4. The van der Waals surface area contributed by atoms with Gasteiger partial charge in [-0.15, -0.1) is 0 Å². The molecule has 2 aromatic carbocycles. The fourth-order valence-electron chi connectivity index (χ4n) is 2.97. The minimum atomic E-state index is -1.10. The van der Waals surface area contributed by atoms with E-state index in [9.17, 15) is 14.4 Å². The van der Waals surface area contributed by atoms with Gasteiger partial charge in [0.1, 0.15) is 17.2 Å². The average Bonchev–Trinajstić information content (AvgIpc) is 2.77. The number of ketones is 1. The molecule has 0 heterocycles. The predicted octanol–water partition coefficient (Wildman–Crippen LogP) is 2.14. The van der Waals surface area contributed by atoms with Crippen molar-refractivity contribution in [1.82, 2.24) is 0 Å². The van der Waals surface area contributed by atoms with Gasteiger partial charge in [0.05, 0.1) is 45.0 Å². The molecule has 0 saturated carbocycles. The largest absolute Gasteiger partial charge is 0.497 e. The summed E-state index contributed by atoms with van der Waals surface area (Å²) in [5.74, 6) is -0.167. The van der Waals surface area contributed by atoms with Crippen molar-refractivity contribution in [2.24, 2.45) is 11.5 Å². The molecule has 5 N–H and O–H groups in total. The van der Waals surface area contributed by atoms with Crippen molar-refractivity contribution in [1.29, 1.82) is 0 Å². The van der Waals surface area contributed by atoms with E-state index in [1.54, 1.807) is 49.4 Å². The molecule has 1 atom stereocenters. The van der Waals surface area contributed by atoms with Crippen molar-refractivity contribution in [3.8, 4) is 17.2 Å². The topological polar surface area (TPSA) is 143 Å². The molecule has 32 heavy (non-hydrogen) atoms. The second-order valence-electron chi connectivity index (χ2n) is 6.95. The summed E-state index contributed by atoms with van der Waals surface area (Å²) in [6.45, 7) is 1.67. The van der Waals surface area contributed by atoms with E-state index in [2.05, 4.69) is 5.32 Å². The molecule has 0 radical (unpaired) electrons. The zero-order valence-electron chi connectivity index (χ0n) is 18.4. The molecule has 0 saturated heterocycles. The van der Waals surface area contributed by atoms with Gasteiger partial charge >= 0.3 is 0 Å². The van der Waals surface area contributed by atoms with E-state index in [0.29, 0.717) is 39.6 Å². The number of Topliss-reactive ketones (excluding diaryl/α,β-unsaturated/α-hetero) is 1. The van der Waals surface area contributed by atoms with Crippen LogP contribution < -0.4 is 31.0 Å². The van der Waals surface area contributed by atoms with Gasteiger partial charge in [0.2, 0.25) is 11.8 Å². The standard InChI is InChI=1S/C23H27N3O6/c1-13(22(28)16-11-15(30-2)6-8-19(16)31-3)9-14-5-7-20(32-4)18(10-14)26-23(29)17(24)12-21(25)27/h5-11,17H,12,24H2,1-4H3,(H2,25,27)(H,26,29)/b13-9+. The molecule has 0 aliphatic heterocycles. The van der Waals surface area contributed by atoms with E-state index in [0.717, 1.165) is 0 Å². The molecule has 0 aromatic heterocycles. The molecule has 0 spiro atoms. The van der Waals surface area contributed by atoms with Crippen LogP contribution in [-0.2, 0) is 9.59 Å². The molecule has 2 aromatic rings. The van der Waals surface area contributed by atoms with Crippen molar-refractivity contribution in [2.75, 3.05) is 26.6 Å². The zero-order valence-corrected chi connectivity index (χ0v) is 18.4. The van der Waals surface area contributed by atoms with E-state index in [1.807, 2.05) is 0 Å². The monoisotopic (exact) mass is 441 g/mol. The van der Waals surface area contributed by atoms with Gasteiger partial charge in [-0.05, 0) is 54.5 Å². The fourth-order valence-corrected chi connectivity index (χ4v) is 2.97. The zero-order chi connectivity index (χ0) is 23.8. The highest BCUT2D eigenvalue weighted by Gasteiger charge is 2.19. The molecular formula is C23H27N3O6. The van der Waals surface area contributed by atoms with Crippen LogP contribution in [0.3, 0.4) is 0 Å². The number of carbonyl (C=O) groups is 3. The summed E-state index contributed by atoms with van der Waals surface area (Å²) in [6.07, 6.45) is 1.38. The van der Waals surface area contributed by atoms with Gasteiger partial charge in [0, 0.05) is 0 Å². The number of carbonyl (C=O) groups excluding carboxylic acids is 3. The molecule has 2 rings (SSSR count). The molecule has 9 nitrogen and oxygen atoms in total. The smallest absolute Gasteiger partial charge is 0.241 e. The Bertz CT molecular complexity index is 1050. The number of benzene rings is 2. The number of ether oxygens (including phenoxy) is 3. The fraction of sp³-hybridized carbons (Fsp3) is 0.261. The summed E-state index contributed by atoms with van der Waals surface area (Å²) in [4.78, 5) is 36.3. The molecule has 1 unspecified atom stereocenters. The number of amides is 2. The first-order valence-corrected chi connectivity index (χ1v) is 9.68. The highest BCUT2D eigenvalue weighted by Crippen LogP contribution is 2.29. The van der Waals surface area contributed by atoms with E-state index < -0.39 is 17.9 Å². The van der Waals surface area contributed by atoms with E-state index >= 15 is 0 Å². The number of hydrogen-bond donors (Lipinski definition) is 3. The number of nitrogens with two attached hydrogens (primary N) is 2. The van der Waals surface area contributed by atoms with E-state index in [4.69, 9.17) is 25.7 Å². The van der Waals surface area contributed by atoms with Crippen LogP contribution in [-0.4, -0.2) is 45.0 Å². The lowest BCUT2D eigenvalue weighted by atomic mass is 10.0. The van der Waals surface area contributed by atoms with Crippen LogP contribution in [0.2, 0.25) is 0 Å². The predicted molar refractivity (Wildman–Crippen MR) is 121 cm³/mol. The molecule has 0 aliphatic rings. The maximum Gasteiger partial charge on any atom is 0.241 e. The summed E-state index contributed by atoms with van der Waals surface area (Å²) in [5, 5.41) is 2.63. The van der Waals surface area contributed by atoms with Crippen molar-refractivity contribution in [3.63, 3.8) is 0 Å².